The van der Waals surface area contributed by atoms with Gasteiger partial charge < -0.3 is 5.32 Å². The third-order valence-corrected chi connectivity index (χ3v) is 3.59. The summed E-state index contributed by atoms with van der Waals surface area (Å²) in [6.07, 6.45) is 1.61. The number of aryl methyl sites for hydroxylation is 1. The predicted octanol–water partition coefficient (Wildman–Crippen LogP) is 2.21. The number of thiophene rings is 1. The van der Waals surface area contributed by atoms with Gasteiger partial charge in [-0.25, -0.2) is 9.67 Å². The van der Waals surface area contributed by atoms with Crippen molar-refractivity contribution in [1.82, 2.24) is 20.1 Å². The first-order chi connectivity index (χ1) is 7.81. The quantitative estimate of drug-likeness (QED) is 0.865. The summed E-state index contributed by atoms with van der Waals surface area (Å²) in [5, 5.41) is 9.69. The highest BCUT2D eigenvalue weighted by molar-refractivity contribution is 7.10. The Bertz CT molecular complexity index is 421. The molecule has 0 amide bonds. The average molecular weight is 236 g/mol. The second kappa shape index (κ2) is 5.23. The van der Waals surface area contributed by atoms with Gasteiger partial charge in [-0.15, -0.1) is 11.3 Å². The minimum Gasteiger partial charge on any atom is -0.302 e. The van der Waals surface area contributed by atoms with Crippen LogP contribution in [0.5, 0.6) is 0 Å². The van der Waals surface area contributed by atoms with Crippen LogP contribution in [0.2, 0.25) is 0 Å². The van der Waals surface area contributed by atoms with E-state index in [4.69, 9.17) is 0 Å². The van der Waals surface area contributed by atoms with Crippen LogP contribution in [-0.2, 0) is 13.1 Å². The highest BCUT2D eigenvalue weighted by atomic mass is 32.1. The number of rotatable bonds is 5. The van der Waals surface area contributed by atoms with Gasteiger partial charge in [-0.05, 0) is 25.3 Å². The molecule has 0 bridgehead atoms. The number of nitrogens with one attached hydrogen (secondary N) is 1. The van der Waals surface area contributed by atoms with E-state index in [-0.39, 0.29) is 0 Å². The van der Waals surface area contributed by atoms with Crippen molar-refractivity contribution in [3.05, 3.63) is 34.5 Å². The molecule has 2 aromatic rings. The normalized spacial score (nSPS) is 12.9. The second-order valence-corrected chi connectivity index (χ2v) is 4.59. The number of nitrogens with zero attached hydrogens (tertiary/aromatic N) is 3. The van der Waals surface area contributed by atoms with Crippen LogP contribution in [0.15, 0.2) is 23.8 Å². The first-order valence-corrected chi connectivity index (χ1v) is 6.32. The minimum absolute atomic E-state index is 0.363. The molecule has 0 aliphatic heterocycles. The first kappa shape index (κ1) is 11.3. The molecular weight excluding hydrogens is 220 g/mol. The first-order valence-electron chi connectivity index (χ1n) is 5.44. The number of aromatic nitrogens is 3. The van der Waals surface area contributed by atoms with Gasteiger partial charge in [0.15, 0.2) is 0 Å². The van der Waals surface area contributed by atoms with Crippen molar-refractivity contribution < 1.29 is 0 Å². The molecule has 0 aliphatic carbocycles. The highest BCUT2D eigenvalue weighted by Crippen LogP contribution is 2.18. The van der Waals surface area contributed by atoms with Crippen molar-refractivity contribution in [2.45, 2.75) is 33.0 Å². The molecule has 4 nitrogen and oxygen atoms in total. The predicted molar refractivity (Wildman–Crippen MR) is 65.3 cm³/mol. The zero-order valence-electron chi connectivity index (χ0n) is 9.55. The fourth-order valence-electron chi connectivity index (χ4n) is 1.57. The molecule has 2 aromatic heterocycles. The van der Waals surface area contributed by atoms with E-state index < -0.39 is 0 Å². The molecule has 16 heavy (non-hydrogen) atoms. The molecule has 0 saturated carbocycles. The lowest BCUT2D eigenvalue weighted by Gasteiger charge is -2.11. The molecule has 5 heteroatoms. The third-order valence-electron chi connectivity index (χ3n) is 2.53. The smallest absolute Gasteiger partial charge is 0.140 e. The van der Waals surface area contributed by atoms with E-state index in [0.29, 0.717) is 6.04 Å². The summed E-state index contributed by atoms with van der Waals surface area (Å²) in [7, 11) is 0. The van der Waals surface area contributed by atoms with Crippen LogP contribution in [-0.4, -0.2) is 14.8 Å². The number of hydrogen-bond acceptors (Lipinski definition) is 4. The monoisotopic (exact) mass is 236 g/mol. The lowest BCUT2D eigenvalue weighted by atomic mass is 10.3. The summed E-state index contributed by atoms with van der Waals surface area (Å²) in [6.45, 7) is 5.86. The molecule has 0 aromatic carbocycles. The molecule has 0 unspecified atom stereocenters. The van der Waals surface area contributed by atoms with E-state index in [1.807, 2.05) is 4.68 Å². The van der Waals surface area contributed by atoms with Gasteiger partial charge in [-0.2, -0.15) is 5.10 Å². The molecule has 2 rings (SSSR count). The van der Waals surface area contributed by atoms with Crippen molar-refractivity contribution in [2.75, 3.05) is 0 Å². The SMILES string of the molecule is CCn1ncnc1CN[C@@H](C)c1cccs1. The molecule has 0 fully saturated rings. The molecule has 86 valence electrons. The van der Waals surface area contributed by atoms with Gasteiger partial charge >= 0.3 is 0 Å². The molecule has 1 atom stereocenters. The Morgan fingerprint density at radius 2 is 2.44 bits per heavy atom. The Balaban J connectivity index is 1.92. The van der Waals surface area contributed by atoms with Gasteiger partial charge in [0.1, 0.15) is 12.2 Å². The van der Waals surface area contributed by atoms with Crippen molar-refractivity contribution in [3.8, 4) is 0 Å². The van der Waals surface area contributed by atoms with Gasteiger partial charge in [0.25, 0.3) is 0 Å². The fraction of sp³-hybridized carbons (Fsp3) is 0.455. The topological polar surface area (TPSA) is 42.7 Å². The Morgan fingerprint density at radius 3 is 3.12 bits per heavy atom. The summed E-state index contributed by atoms with van der Waals surface area (Å²) in [6, 6.07) is 4.58. The summed E-state index contributed by atoms with van der Waals surface area (Å²) >= 11 is 1.77. The largest absolute Gasteiger partial charge is 0.302 e. The lowest BCUT2D eigenvalue weighted by Crippen LogP contribution is -2.20. The van der Waals surface area contributed by atoms with Crippen molar-refractivity contribution in [3.63, 3.8) is 0 Å². The van der Waals surface area contributed by atoms with Crippen LogP contribution in [0.25, 0.3) is 0 Å². The molecular formula is C11H16N4S. The van der Waals surface area contributed by atoms with E-state index >= 15 is 0 Å². The van der Waals surface area contributed by atoms with Crippen molar-refractivity contribution in [2.24, 2.45) is 0 Å². The third kappa shape index (κ3) is 2.48. The second-order valence-electron chi connectivity index (χ2n) is 3.61. The van der Waals surface area contributed by atoms with E-state index in [0.717, 1.165) is 18.9 Å². The van der Waals surface area contributed by atoms with E-state index in [1.54, 1.807) is 17.7 Å². The maximum Gasteiger partial charge on any atom is 0.140 e. The Morgan fingerprint density at radius 1 is 1.56 bits per heavy atom. The zero-order chi connectivity index (χ0) is 11.4. The van der Waals surface area contributed by atoms with Crippen LogP contribution < -0.4 is 5.32 Å². The molecule has 1 N–H and O–H groups in total. The van der Waals surface area contributed by atoms with Crippen LogP contribution >= 0.6 is 11.3 Å². The molecule has 0 spiro atoms. The molecule has 0 radical (unpaired) electrons. The van der Waals surface area contributed by atoms with Gasteiger partial charge in [-0.3, -0.25) is 0 Å². The van der Waals surface area contributed by atoms with Gasteiger partial charge in [0.2, 0.25) is 0 Å². The summed E-state index contributed by atoms with van der Waals surface area (Å²) in [4.78, 5) is 5.58. The molecule has 2 heterocycles. The maximum absolute atomic E-state index is 4.23. The maximum atomic E-state index is 4.23. The average Bonchev–Trinajstić information content (AvgIpc) is 2.96. The van der Waals surface area contributed by atoms with Crippen molar-refractivity contribution >= 4 is 11.3 Å². The van der Waals surface area contributed by atoms with Crippen LogP contribution in [0.3, 0.4) is 0 Å². The highest BCUT2D eigenvalue weighted by Gasteiger charge is 2.08. The fourth-order valence-corrected chi connectivity index (χ4v) is 2.33. The summed E-state index contributed by atoms with van der Waals surface area (Å²) in [5.74, 6) is 0.992. The zero-order valence-corrected chi connectivity index (χ0v) is 10.4. The van der Waals surface area contributed by atoms with E-state index in [1.165, 1.54) is 4.88 Å². The van der Waals surface area contributed by atoms with E-state index in [9.17, 15) is 0 Å². The van der Waals surface area contributed by atoms with Gasteiger partial charge in [0.05, 0.1) is 6.54 Å². The van der Waals surface area contributed by atoms with Crippen LogP contribution in [0.1, 0.15) is 30.6 Å². The van der Waals surface area contributed by atoms with Crippen LogP contribution in [0.4, 0.5) is 0 Å². The minimum atomic E-state index is 0.363. The van der Waals surface area contributed by atoms with Gasteiger partial charge in [0, 0.05) is 17.5 Å². The molecule has 0 aliphatic rings. The number of hydrogen-bond donors (Lipinski definition) is 1. The van der Waals surface area contributed by atoms with Crippen LogP contribution in [0, 0.1) is 0 Å². The molecule has 0 saturated heterocycles. The Hall–Kier alpha value is -1.20. The Labute approximate surface area is 99.3 Å². The van der Waals surface area contributed by atoms with Gasteiger partial charge in [-0.1, -0.05) is 6.07 Å². The van der Waals surface area contributed by atoms with E-state index in [2.05, 4.69) is 46.8 Å². The summed E-state index contributed by atoms with van der Waals surface area (Å²) < 4.78 is 1.91. The summed E-state index contributed by atoms with van der Waals surface area (Å²) in [5.41, 5.74) is 0. The van der Waals surface area contributed by atoms with Crippen molar-refractivity contribution in [1.29, 1.82) is 0 Å². The lowest BCUT2D eigenvalue weighted by molar-refractivity contribution is 0.528. The Kier molecular flexibility index (Phi) is 3.69. The standard InChI is InChI=1S/C11H16N4S/c1-3-15-11(13-8-14-15)7-12-9(2)10-5-4-6-16-10/h4-6,8-9,12H,3,7H2,1-2H3/t9-/m0/s1.